The molecular formula is C8H8ClNO2. The molecule has 0 unspecified atom stereocenters. The van der Waals surface area contributed by atoms with E-state index in [4.69, 9.17) is 17.3 Å². The predicted octanol–water partition coefficient (Wildman–Crippen LogP) is 1.23. The summed E-state index contributed by atoms with van der Waals surface area (Å²) in [6, 6.07) is 4.66. The Bertz CT molecular complexity index is 312. The number of nitrogens with two attached hydrogens (primary N) is 1. The van der Waals surface area contributed by atoms with Gasteiger partial charge in [-0.15, -0.1) is 11.6 Å². The number of phenols is 1. The number of benzene rings is 1. The first-order chi connectivity index (χ1) is 5.66. The van der Waals surface area contributed by atoms with Crippen molar-refractivity contribution >= 4 is 17.5 Å². The monoisotopic (exact) mass is 185 g/mol. The molecule has 3 N–H and O–H groups in total. The van der Waals surface area contributed by atoms with Gasteiger partial charge in [0.2, 0.25) is 0 Å². The van der Waals surface area contributed by atoms with Crippen LogP contribution in [0.3, 0.4) is 0 Å². The number of hydrogen-bond donors (Lipinski definition) is 2. The largest absolute Gasteiger partial charge is 0.507 e. The van der Waals surface area contributed by atoms with E-state index in [-0.39, 0.29) is 17.2 Å². The second-order valence-electron chi connectivity index (χ2n) is 2.31. The van der Waals surface area contributed by atoms with Crippen LogP contribution in [0.5, 0.6) is 5.75 Å². The molecule has 0 fully saturated rings. The molecule has 64 valence electrons. The highest BCUT2D eigenvalue weighted by Gasteiger charge is 2.11. The SMILES string of the molecule is NC(=O)c1c(O)cccc1CCl. The lowest BCUT2D eigenvalue weighted by Gasteiger charge is -2.04. The Morgan fingerprint density at radius 3 is 2.67 bits per heavy atom. The molecule has 0 saturated carbocycles. The number of carbonyl (C=O) groups excluding carboxylic acids is 1. The molecule has 1 aromatic rings. The Morgan fingerprint density at radius 1 is 1.58 bits per heavy atom. The molecule has 1 aromatic carbocycles. The summed E-state index contributed by atoms with van der Waals surface area (Å²) < 4.78 is 0. The Balaban J connectivity index is 3.29. The average molecular weight is 186 g/mol. The third kappa shape index (κ3) is 1.51. The lowest BCUT2D eigenvalue weighted by atomic mass is 10.1. The van der Waals surface area contributed by atoms with Crippen LogP contribution in [0, 0.1) is 0 Å². The fraction of sp³-hybridized carbons (Fsp3) is 0.125. The first-order valence-corrected chi connectivity index (χ1v) is 3.87. The highest BCUT2D eigenvalue weighted by atomic mass is 35.5. The van der Waals surface area contributed by atoms with E-state index >= 15 is 0 Å². The van der Waals surface area contributed by atoms with Crippen LogP contribution in [0.25, 0.3) is 0 Å². The lowest BCUT2D eigenvalue weighted by molar-refractivity contribution is 0.0997. The summed E-state index contributed by atoms with van der Waals surface area (Å²) >= 11 is 5.53. The number of aromatic hydroxyl groups is 1. The Hall–Kier alpha value is -1.22. The van der Waals surface area contributed by atoms with Gasteiger partial charge in [0.15, 0.2) is 0 Å². The maximum Gasteiger partial charge on any atom is 0.252 e. The van der Waals surface area contributed by atoms with Gasteiger partial charge in [-0.1, -0.05) is 12.1 Å². The van der Waals surface area contributed by atoms with Gasteiger partial charge in [0.05, 0.1) is 5.56 Å². The van der Waals surface area contributed by atoms with Gasteiger partial charge in [-0.25, -0.2) is 0 Å². The molecule has 1 amide bonds. The van der Waals surface area contributed by atoms with E-state index in [1.165, 1.54) is 6.07 Å². The van der Waals surface area contributed by atoms with Crippen LogP contribution in [0.4, 0.5) is 0 Å². The minimum atomic E-state index is -0.663. The van der Waals surface area contributed by atoms with Crippen molar-refractivity contribution in [2.24, 2.45) is 5.73 Å². The first-order valence-electron chi connectivity index (χ1n) is 3.33. The molecule has 12 heavy (non-hydrogen) atoms. The zero-order valence-electron chi connectivity index (χ0n) is 6.25. The molecule has 0 spiro atoms. The van der Waals surface area contributed by atoms with Gasteiger partial charge in [-0.05, 0) is 11.6 Å². The van der Waals surface area contributed by atoms with Crippen molar-refractivity contribution in [2.45, 2.75) is 5.88 Å². The zero-order valence-corrected chi connectivity index (χ0v) is 7.01. The fourth-order valence-electron chi connectivity index (χ4n) is 0.982. The van der Waals surface area contributed by atoms with E-state index in [0.717, 1.165) is 0 Å². The second-order valence-corrected chi connectivity index (χ2v) is 2.58. The molecule has 0 aromatic heterocycles. The quantitative estimate of drug-likeness (QED) is 0.681. The molecular weight excluding hydrogens is 178 g/mol. The molecule has 0 bridgehead atoms. The van der Waals surface area contributed by atoms with Crippen molar-refractivity contribution < 1.29 is 9.90 Å². The normalized spacial score (nSPS) is 9.75. The summed E-state index contributed by atoms with van der Waals surface area (Å²) in [6.07, 6.45) is 0. The lowest BCUT2D eigenvalue weighted by Crippen LogP contribution is -2.13. The number of primary amides is 1. The summed E-state index contributed by atoms with van der Waals surface area (Å²) in [6.45, 7) is 0. The maximum atomic E-state index is 10.8. The fourth-order valence-corrected chi connectivity index (χ4v) is 1.21. The van der Waals surface area contributed by atoms with Gasteiger partial charge in [-0.3, -0.25) is 4.79 Å². The van der Waals surface area contributed by atoms with Crippen LogP contribution in [-0.2, 0) is 5.88 Å². The van der Waals surface area contributed by atoms with E-state index in [0.29, 0.717) is 5.56 Å². The topological polar surface area (TPSA) is 63.3 Å². The summed E-state index contributed by atoms with van der Waals surface area (Å²) in [5, 5.41) is 9.23. The predicted molar refractivity (Wildman–Crippen MR) is 46.2 cm³/mol. The highest BCUT2D eigenvalue weighted by molar-refractivity contribution is 6.17. The van der Waals surface area contributed by atoms with E-state index in [2.05, 4.69) is 0 Å². The average Bonchev–Trinajstić information content (AvgIpc) is 2.03. The van der Waals surface area contributed by atoms with Crippen LogP contribution >= 0.6 is 11.6 Å². The van der Waals surface area contributed by atoms with Crippen LogP contribution < -0.4 is 5.73 Å². The molecule has 0 aliphatic rings. The summed E-state index contributed by atoms with van der Waals surface area (Å²) in [5.74, 6) is -0.628. The van der Waals surface area contributed by atoms with Crippen molar-refractivity contribution in [3.63, 3.8) is 0 Å². The number of alkyl halides is 1. The van der Waals surface area contributed by atoms with Gasteiger partial charge in [0.25, 0.3) is 5.91 Å². The zero-order chi connectivity index (χ0) is 9.14. The molecule has 3 nitrogen and oxygen atoms in total. The van der Waals surface area contributed by atoms with Crippen molar-refractivity contribution in [2.75, 3.05) is 0 Å². The summed E-state index contributed by atoms with van der Waals surface area (Å²) in [4.78, 5) is 10.8. The third-order valence-electron chi connectivity index (χ3n) is 1.52. The summed E-state index contributed by atoms with van der Waals surface area (Å²) in [5.41, 5.74) is 5.68. The molecule has 1 rings (SSSR count). The third-order valence-corrected chi connectivity index (χ3v) is 1.81. The minimum absolute atomic E-state index is 0.104. The molecule has 0 aliphatic carbocycles. The highest BCUT2D eigenvalue weighted by Crippen LogP contribution is 2.21. The molecule has 0 aliphatic heterocycles. The number of amides is 1. The Morgan fingerprint density at radius 2 is 2.25 bits per heavy atom. The van der Waals surface area contributed by atoms with Gasteiger partial charge in [0, 0.05) is 5.88 Å². The van der Waals surface area contributed by atoms with Crippen LogP contribution in [0.1, 0.15) is 15.9 Å². The molecule has 4 heteroatoms. The van der Waals surface area contributed by atoms with Crippen LogP contribution in [0.2, 0.25) is 0 Å². The molecule has 0 saturated heterocycles. The minimum Gasteiger partial charge on any atom is -0.507 e. The Kier molecular flexibility index (Phi) is 2.55. The van der Waals surface area contributed by atoms with Crippen LogP contribution in [-0.4, -0.2) is 11.0 Å². The van der Waals surface area contributed by atoms with Crippen molar-refractivity contribution in [3.05, 3.63) is 29.3 Å². The number of hydrogen-bond acceptors (Lipinski definition) is 2. The van der Waals surface area contributed by atoms with Crippen molar-refractivity contribution in [3.8, 4) is 5.75 Å². The van der Waals surface area contributed by atoms with Crippen molar-refractivity contribution in [1.29, 1.82) is 0 Å². The smallest absolute Gasteiger partial charge is 0.252 e. The van der Waals surface area contributed by atoms with Gasteiger partial charge >= 0.3 is 0 Å². The standard InChI is InChI=1S/C8H8ClNO2/c9-4-5-2-1-3-6(11)7(5)8(10)12/h1-3,11H,4H2,(H2,10,12). The first kappa shape index (κ1) is 8.87. The number of rotatable bonds is 2. The number of carbonyl (C=O) groups is 1. The number of halogens is 1. The second kappa shape index (κ2) is 3.45. The molecule has 0 radical (unpaired) electrons. The Labute approximate surface area is 74.8 Å². The van der Waals surface area contributed by atoms with Crippen LogP contribution in [0.15, 0.2) is 18.2 Å². The molecule has 0 atom stereocenters. The van der Waals surface area contributed by atoms with Gasteiger partial charge in [0.1, 0.15) is 5.75 Å². The molecule has 0 heterocycles. The van der Waals surface area contributed by atoms with Gasteiger partial charge < -0.3 is 10.8 Å². The van der Waals surface area contributed by atoms with E-state index in [1.54, 1.807) is 12.1 Å². The van der Waals surface area contributed by atoms with E-state index in [1.807, 2.05) is 0 Å². The van der Waals surface area contributed by atoms with Gasteiger partial charge in [-0.2, -0.15) is 0 Å². The van der Waals surface area contributed by atoms with E-state index in [9.17, 15) is 9.90 Å². The summed E-state index contributed by atoms with van der Waals surface area (Å²) in [7, 11) is 0. The van der Waals surface area contributed by atoms with E-state index < -0.39 is 5.91 Å². The maximum absolute atomic E-state index is 10.8. The van der Waals surface area contributed by atoms with Crippen molar-refractivity contribution in [1.82, 2.24) is 0 Å².